The van der Waals surface area contributed by atoms with Crippen molar-refractivity contribution in [2.75, 3.05) is 5.32 Å². The second kappa shape index (κ2) is 6.60. The molecule has 144 valence electrons. The maximum atomic E-state index is 4.88. The molecule has 0 aliphatic carbocycles. The van der Waals surface area contributed by atoms with Gasteiger partial charge in [-0.15, -0.1) is 0 Å². The summed E-state index contributed by atoms with van der Waals surface area (Å²) in [7, 11) is 0. The van der Waals surface area contributed by atoms with Crippen LogP contribution in [0.5, 0.6) is 0 Å². The van der Waals surface area contributed by atoms with Crippen LogP contribution in [0.2, 0.25) is 0 Å². The van der Waals surface area contributed by atoms with Gasteiger partial charge in [0.15, 0.2) is 0 Å². The Balaban J connectivity index is 1.49. The van der Waals surface area contributed by atoms with Crippen LogP contribution < -0.4 is 5.32 Å². The fourth-order valence-electron chi connectivity index (χ4n) is 4.60. The van der Waals surface area contributed by atoms with Crippen LogP contribution in [0.15, 0.2) is 102 Å². The fraction of sp³-hybridized carbons (Fsp3) is 0.0741. The SMILES string of the molecule is CC1=NC(c2ccc(-n3c4ccccc4c4ccccc43)cc2)c2ccccc2N1. The summed E-state index contributed by atoms with van der Waals surface area (Å²) in [5.41, 5.74) is 7.18. The van der Waals surface area contributed by atoms with E-state index in [0.29, 0.717) is 0 Å². The van der Waals surface area contributed by atoms with Crippen LogP contribution in [-0.2, 0) is 0 Å². The standard InChI is InChI=1S/C27H21N3/c1-18-28-24-11-5-2-10-23(24)27(29-18)19-14-16-20(17-15-19)30-25-12-6-3-8-21(25)22-9-4-7-13-26(22)30/h2-17,27H,1H3,(H,28,29). The van der Waals surface area contributed by atoms with Gasteiger partial charge in [0.05, 0.1) is 16.9 Å². The minimum Gasteiger partial charge on any atom is -0.344 e. The number of aromatic nitrogens is 1. The zero-order valence-electron chi connectivity index (χ0n) is 16.7. The first kappa shape index (κ1) is 17.0. The number of aliphatic imine (C=N–C) groups is 1. The molecule has 1 aromatic heterocycles. The van der Waals surface area contributed by atoms with E-state index in [1.165, 1.54) is 38.6 Å². The summed E-state index contributed by atoms with van der Waals surface area (Å²) in [5.74, 6) is 0.949. The van der Waals surface area contributed by atoms with Crippen LogP contribution in [0, 0.1) is 0 Å². The van der Waals surface area contributed by atoms with Crippen molar-refractivity contribution in [2.45, 2.75) is 13.0 Å². The molecular weight excluding hydrogens is 366 g/mol. The number of hydrogen-bond donors (Lipinski definition) is 1. The highest BCUT2D eigenvalue weighted by molar-refractivity contribution is 6.09. The molecule has 1 aliphatic heterocycles. The normalized spacial score (nSPS) is 15.6. The zero-order valence-corrected chi connectivity index (χ0v) is 16.7. The minimum atomic E-state index is 0.0228. The molecule has 0 radical (unpaired) electrons. The molecule has 1 aliphatic rings. The van der Waals surface area contributed by atoms with E-state index in [1.54, 1.807) is 0 Å². The predicted octanol–water partition coefficient (Wildman–Crippen LogP) is 6.72. The Morgan fingerprint density at radius 3 is 2.00 bits per heavy atom. The van der Waals surface area contributed by atoms with Gasteiger partial charge in [0, 0.05) is 27.7 Å². The van der Waals surface area contributed by atoms with Gasteiger partial charge < -0.3 is 9.88 Å². The average Bonchev–Trinajstić information content (AvgIpc) is 3.13. The van der Waals surface area contributed by atoms with Gasteiger partial charge in [-0.25, -0.2) is 0 Å². The third kappa shape index (κ3) is 2.56. The third-order valence-electron chi connectivity index (χ3n) is 5.94. The molecule has 2 heterocycles. The molecule has 3 nitrogen and oxygen atoms in total. The highest BCUT2D eigenvalue weighted by atomic mass is 15.0. The van der Waals surface area contributed by atoms with E-state index in [4.69, 9.17) is 4.99 Å². The highest BCUT2D eigenvalue weighted by Gasteiger charge is 2.21. The first-order chi connectivity index (χ1) is 14.8. The maximum absolute atomic E-state index is 4.88. The summed E-state index contributed by atoms with van der Waals surface area (Å²) in [4.78, 5) is 4.88. The van der Waals surface area contributed by atoms with Gasteiger partial charge in [0.25, 0.3) is 0 Å². The van der Waals surface area contributed by atoms with E-state index in [2.05, 4.69) is 107 Å². The monoisotopic (exact) mass is 387 g/mol. The van der Waals surface area contributed by atoms with Crippen molar-refractivity contribution < 1.29 is 0 Å². The molecule has 0 amide bonds. The minimum absolute atomic E-state index is 0.0228. The van der Waals surface area contributed by atoms with E-state index in [0.717, 1.165) is 11.5 Å². The van der Waals surface area contributed by atoms with Gasteiger partial charge in [0.1, 0.15) is 6.04 Å². The van der Waals surface area contributed by atoms with Crippen LogP contribution in [0.4, 0.5) is 5.69 Å². The van der Waals surface area contributed by atoms with Gasteiger partial charge >= 0.3 is 0 Å². The first-order valence-electron chi connectivity index (χ1n) is 10.3. The lowest BCUT2D eigenvalue weighted by molar-refractivity contribution is 0.861. The zero-order chi connectivity index (χ0) is 20.1. The molecule has 30 heavy (non-hydrogen) atoms. The molecule has 0 spiro atoms. The Kier molecular flexibility index (Phi) is 3.75. The van der Waals surface area contributed by atoms with Crippen molar-refractivity contribution in [3.05, 3.63) is 108 Å². The summed E-state index contributed by atoms with van der Waals surface area (Å²) >= 11 is 0. The second-order valence-electron chi connectivity index (χ2n) is 7.79. The summed E-state index contributed by atoms with van der Waals surface area (Å²) in [6.07, 6.45) is 0. The number of hydrogen-bond acceptors (Lipinski definition) is 2. The molecule has 0 saturated carbocycles. The maximum Gasteiger partial charge on any atom is 0.104 e. The number of amidine groups is 1. The number of fused-ring (bicyclic) bond motifs is 4. The number of anilines is 1. The summed E-state index contributed by atoms with van der Waals surface area (Å²) < 4.78 is 2.35. The van der Waals surface area contributed by atoms with Gasteiger partial charge in [-0.1, -0.05) is 66.7 Å². The van der Waals surface area contributed by atoms with E-state index < -0.39 is 0 Å². The van der Waals surface area contributed by atoms with Crippen LogP contribution in [0.25, 0.3) is 27.5 Å². The lowest BCUT2D eigenvalue weighted by Crippen LogP contribution is -2.18. The molecule has 4 aromatic carbocycles. The smallest absolute Gasteiger partial charge is 0.104 e. The molecule has 0 bridgehead atoms. The van der Waals surface area contributed by atoms with Crippen molar-refractivity contribution in [1.29, 1.82) is 0 Å². The van der Waals surface area contributed by atoms with E-state index in [1.807, 2.05) is 6.92 Å². The van der Waals surface area contributed by atoms with Gasteiger partial charge in [-0.05, 0) is 42.8 Å². The fourth-order valence-corrected chi connectivity index (χ4v) is 4.60. The third-order valence-corrected chi connectivity index (χ3v) is 5.94. The number of nitrogens with one attached hydrogen (secondary N) is 1. The van der Waals surface area contributed by atoms with Gasteiger partial charge in [-0.3, -0.25) is 4.99 Å². The lowest BCUT2D eigenvalue weighted by atomic mass is 9.96. The van der Waals surface area contributed by atoms with E-state index in [9.17, 15) is 0 Å². The molecule has 6 rings (SSSR count). The van der Waals surface area contributed by atoms with Crippen molar-refractivity contribution >= 4 is 33.3 Å². The lowest BCUT2D eigenvalue weighted by Gasteiger charge is -2.24. The molecule has 1 N–H and O–H groups in total. The molecule has 0 saturated heterocycles. The number of para-hydroxylation sites is 3. The van der Waals surface area contributed by atoms with Crippen molar-refractivity contribution in [2.24, 2.45) is 4.99 Å². The van der Waals surface area contributed by atoms with Crippen molar-refractivity contribution in [1.82, 2.24) is 4.57 Å². The average molecular weight is 387 g/mol. The molecule has 3 heteroatoms. The summed E-state index contributed by atoms with van der Waals surface area (Å²) in [6, 6.07) is 34.5. The number of nitrogens with zero attached hydrogens (tertiary/aromatic N) is 2. The predicted molar refractivity (Wildman–Crippen MR) is 126 cm³/mol. The molecule has 0 fully saturated rings. The number of rotatable bonds is 2. The highest BCUT2D eigenvalue weighted by Crippen LogP contribution is 2.36. The topological polar surface area (TPSA) is 29.3 Å². The van der Waals surface area contributed by atoms with Crippen LogP contribution in [0.3, 0.4) is 0 Å². The van der Waals surface area contributed by atoms with Gasteiger partial charge in [-0.2, -0.15) is 0 Å². The number of benzene rings is 4. The molecular formula is C27H21N3. The molecule has 1 unspecified atom stereocenters. The van der Waals surface area contributed by atoms with E-state index in [-0.39, 0.29) is 6.04 Å². The Morgan fingerprint density at radius 1 is 0.700 bits per heavy atom. The summed E-state index contributed by atoms with van der Waals surface area (Å²) in [6.45, 7) is 2.02. The van der Waals surface area contributed by atoms with Crippen LogP contribution in [-0.4, -0.2) is 10.4 Å². The Bertz CT molecular complexity index is 1370. The largest absolute Gasteiger partial charge is 0.344 e. The van der Waals surface area contributed by atoms with Crippen molar-refractivity contribution in [3.8, 4) is 5.69 Å². The quantitative estimate of drug-likeness (QED) is 0.358. The first-order valence-corrected chi connectivity index (χ1v) is 10.3. The van der Waals surface area contributed by atoms with Crippen LogP contribution >= 0.6 is 0 Å². The van der Waals surface area contributed by atoms with E-state index >= 15 is 0 Å². The Morgan fingerprint density at radius 2 is 1.30 bits per heavy atom. The Labute approximate surface area is 175 Å². The molecule has 1 atom stereocenters. The summed E-state index contributed by atoms with van der Waals surface area (Å²) in [5, 5.41) is 5.94. The van der Waals surface area contributed by atoms with Crippen molar-refractivity contribution in [3.63, 3.8) is 0 Å². The Hall–Kier alpha value is -3.85. The van der Waals surface area contributed by atoms with Crippen LogP contribution in [0.1, 0.15) is 24.1 Å². The molecule has 5 aromatic rings. The van der Waals surface area contributed by atoms with Gasteiger partial charge in [0.2, 0.25) is 0 Å². The second-order valence-corrected chi connectivity index (χ2v) is 7.79.